The number of carbonyl (C=O) groups excluding carboxylic acids is 1. The lowest BCUT2D eigenvalue weighted by atomic mass is 10.0. The van der Waals surface area contributed by atoms with Gasteiger partial charge in [-0.3, -0.25) is 4.79 Å². The molecule has 1 amide bonds. The molecule has 2 heterocycles. The van der Waals surface area contributed by atoms with Crippen molar-refractivity contribution in [3.8, 4) is 11.5 Å². The van der Waals surface area contributed by atoms with Crippen LogP contribution in [0.2, 0.25) is 0 Å². The van der Waals surface area contributed by atoms with Crippen LogP contribution in [-0.2, 0) is 4.79 Å². The van der Waals surface area contributed by atoms with Crippen molar-refractivity contribution in [3.05, 3.63) is 54.1 Å². The number of anilines is 2. The van der Waals surface area contributed by atoms with Gasteiger partial charge in [0, 0.05) is 23.2 Å². The summed E-state index contributed by atoms with van der Waals surface area (Å²) in [5.41, 5.74) is 2.45. The Labute approximate surface area is 207 Å². The van der Waals surface area contributed by atoms with Gasteiger partial charge in [0.25, 0.3) is 5.91 Å². The number of aryl methyl sites for hydroxylation is 1. The maximum atomic E-state index is 12.4. The molecule has 3 aromatic rings. The minimum atomic E-state index is -4.76. The number of hydrogen-bond donors (Lipinski definition) is 3. The van der Waals surface area contributed by atoms with Crippen LogP contribution in [0, 0.1) is 6.92 Å². The molecule has 36 heavy (non-hydrogen) atoms. The number of nitrogens with zero attached hydrogens (tertiary/aromatic N) is 1. The highest BCUT2D eigenvalue weighted by Crippen LogP contribution is 2.26. The van der Waals surface area contributed by atoms with E-state index in [0.717, 1.165) is 53.8 Å². The van der Waals surface area contributed by atoms with Gasteiger partial charge in [0.2, 0.25) is 0 Å². The van der Waals surface area contributed by atoms with Crippen molar-refractivity contribution >= 4 is 28.3 Å². The van der Waals surface area contributed by atoms with Gasteiger partial charge in [-0.15, -0.1) is 13.2 Å². The Balaban J connectivity index is 1.36. The molecular weight excluding hydrogens is 473 g/mol. The van der Waals surface area contributed by atoms with E-state index in [9.17, 15) is 18.0 Å². The molecule has 4 rings (SSSR count). The SMILES string of the molecule is CCC(Nc1cc(C)c2cc(NC(=O)COc3ccc(OC(F)(F)F)cc3)ccc2n1)C1CCCN1. The third-order valence-electron chi connectivity index (χ3n) is 6.08. The second-order valence-corrected chi connectivity index (χ2v) is 8.77. The lowest BCUT2D eigenvalue weighted by Crippen LogP contribution is -2.39. The fraction of sp³-hybridized carbons (Fsp3) is 0.385. The van der Waals surface area contributed by atoms with Gasteiger partial charge in [0.05, 0.1) is 5.52 Å². The molecule has 0 radical (unpaired) electrons. The van der Waals surface area contributed by atoms with Gasteiger partial charge in [0.15, 0.2) is 6.61 Å². The van der Waals surface area contributed by atoms with E-state index in [0.29, 0.717) is 17.8 Å². The number of rotatable bonds is 9. The van der Waals surface area contributed by atoms with E-state index in [1.54, 1.807) is 6.07 Å². The molecule has 2 unspecified atom stereocenters. The molecule has 0 spiro atoms. The van der Waals surface area contributed by atoms with E-state index < -0.39 is 12.3 Å². The maximum Gasteiger partial charge on any atom is 0.573 e. The van der Waals surface area contributed by atoms with Gasteiger partial charge in [-0.25, -0.2) is 4.98 Å². The Morgan fingerprint density at radius 2 is 1.92 bits per heavy atom. The van der Waals surface area contributed by atoms with Crippen molar-refractivity contribution in [1.82, 2.24) is 10.3 Å². The highest BCUT2D eigenvalue weighted by atomic mass is 19.4. The number of benzene rings is 2. The summed E-state index contributed by atoms with van der Waals surface area (Å²) in [6, 6.07) is 13.1. The minimum absolute atomic E-state index is 0.247. The summed E-state index contributed by atoms with van der Waals surface area (Å²) in [4.78, 5) is 17.1. The predicted molar refractivity (Wildman–Crippen MR) is 132 cm³/mol. The second kappa shape index (κ2) is 11.0. The Hall–Kier alpha value is -3.53. The van der Waals surface area contributed by atoms with Crippen LogP contribution < -0.4 is 25.4 Å². The van der Waals surface area contributed by atoms with Crippen LogP contribution in [0.4, 0.5) is 24.7 Å². The molecule has 1 aliphatic heterocycles. The summed E-state index contributed by atoms with van der Waals surface area (Å²) in [6.45, 7) is 4.92. The first-order chi connectivity index (χ1) is 17.2. The Bertz CT molecular complexity index is 1200. The molecule has 0 bridgehead atoms. The number of amides is 1. The first-order valence-electron chi connectivity index (χ1n) is 11.9. The van der Waals surface area contributed by atoms with Gasteiger partial charge < -0.3 is 25.4 Å². The summed E-state index contributed by atoms with van der Waals surface area (Å²) in [5, 5.41) is 10.8. The van der Waals surface area contributed by atoms with E-state index >= 15 is 0 Å². The highest BCUT2D eigenvalue weighted by Gasteiger charge is 2.31. The lowest BCUT2D eigenvalue weighted by molar-refractivity contribution is -0.274. The Morgan fingerprint density at radius 1 is 1.17 bits per heavy atom. The zero-order valence-electron chi connectivity index (χ0n) is 20.1. The van der Waals surface area contributed by atoms with Crippen LogP contribution in [0.1, 0.15) is 31.7 Å². The quantitative estimate of drug-likeness (QED) is 0.363. The number of carbonyl (C=O) groups is 1. The fourth-order valence-electron chi connectivity index (χ4n) is 4.36. The number of hydrogen-bond acceptors (Lipinski definition) is 6. The number of ether oxygens (including phenoxy) is 2. The van der Waals surface area contributed by atoms with Gasteiger partial charge >= 0.3 is 6.36 Å². The molecule has 10 heteroatoms. The van der Waals surface area contributed by atoms with Crippen molar-refractivity contribution in [3.63, 3.8) is 0 Å². The van der Waals surface area contributed by atoms with E-state index in [2.05, 4.69) is 27.6 Å². The van der Waals surface area contributed by atoms with Gasteiger partial charge in [-0.1, -0.05) is 6.92 Å². The van der Waals surface area contributed by atoms with Gasteiger partial charge in [-0.2, -0.15) is 0 Å². The molecule has 192 valence electrons. The predicted octanol–water partition coefficient (Wildman–Crippen LogP) is 5.40. The van der Waals surface area contributed by atoms with Crippen LogP contribution in [0.5, 0.6) is 11.5 Å². The molecular formula is C26H29F3N4O3. The molecule has 0 saturated carbocycles. The molecule has 2 atom stereocenters. The summed E-state index contributed by atoms with van der Waals surface area (Å²) in [7, 11) is 0. The largest absolute Gasteiger partial charge is 0.573 e. The number of aromatic nitrogens is 1. The molecule has 7 nitrogen and oxygen atoms in total. The number of nitrogens with one attached hydrogen (secondary N) is 3. The summed E-state index contributed by atoms with van der Waals surface area (Å²) in [5.74, 6) is 0.316. The zero-order valence-corrected chi connectivity index (χ0v) is 20.1. The molecule has 1 saturated heterocycles. The Morgan fingerprint density at radius 3 is 2.58 bits per heavy atom. The average Bonchev–Trinajstić information content (AvgIpc) is 3.36. The number of alkyl halides is 3. The summed E-state index contributed by atoms with van der Waals surface area (Å²) < 4.78 is 45.9. The summed E-state index contributed by atoms with van der Waals surface area (Å²) in [6.07, 6.45) is -1.42. The van der Waals surface area contributed by atoms with Crippen molar-refractivity contribution in [2.45, 2.75) is 51.6 Å². The summed E-state index contributed by atoms with van der Waals surface area (Å²) >= 11 is 0. The standard InChI is InChI=1S/C26H29F3N4O3/c1-3-21(23-5-4-12-30-23)32-24-13-16(2)20-14-17(6-11-22(20)33-24)31-25(34)15-35-18-7-9-19(10-8-18)36-26(27,28)29/h6-11,13-14,21,23,30H,3-5,12,15H2,1-2H3,(H,31,34)(H,32,33). The van der Waals surface area contributed by atoms with Crippen molar-refractivity contribution in [2.24, 2.45) is 0 Å². The maximum absolute atomic E-state index is 12.4. The third kappa shape index (κ3) is 6.78. The van der Waals surface area contributed by atoms with Crippen LogP contribution in [-0.4, -0.2) is 42.5 Å². The Kier molecular flexibility index (Phi) is 7.83. The topological polar surface area (TPSA) is 84.5 Å². The van der Waals surface area contributed by atoms with Crippen molar-refractivity contribution < 1.29 is 27.4 Å². The monoisotopic (exact) mass is 502 g/mol. The first-order valence-corrected chi connectivity index (χ1v) is 11.9. The molecule has 3 N–H and O–H groups in total. The smallest absolute Gasteiger partial charge is 0.484 e. The highest BCUT2D eigenvalue weighted by molar-refractivity contribution is 5.95. The molecule has 1 fully saturated rings. The van der Waals surface area contributed by atoms with E-state index in [1.807, 2.05) is 25.1 Å². The van der Waals surface area contributed by atoms with E-state index in [-0.39, 0.29) is 18.1 Å². The van der Waals surface area contributed by atoms with Crippen molar-refractivity contribution in [1.29, 1.82) is 0 Å². The first kappa shape index (κ1) is 25.6. The molecule has 1 aliphatic rings. The van der Waals surface area contributed by atoms with Gasteiger partial charge in [0.1, 0.15) is 17.3 Å². The molecule has 2 aromatic carbocycles. The number of halogens is 3. The second-order valence-electron chi connectivity index (χ2n) is 8.77. The van der Waals surface area contributed by atoms with Crippen LogP contribution in [0.15, 0.2) is 48.5 Å². The van der Waals surface area contributed by atoms with Gasteiger partial charge in [-0.05, 0) is 86.8 Å². The molecule has 1 aromatic heterocycles. The zero-order chi connectivity index (χ0) is 25.7. The average molecular weight is 503 g/mol. The number of pyridine rings is 1. The molecule has 0 aliphatic carbocycles. The normalized spacial score (nSPS) is 16.5. The van der Waals surface area contributed by atoms with Crippen LogP contribution in [0.3, 0.4) is 0 Å². The minimum Gasteiger partial charge on any atom is -0.484 e. The van der Waals surface area contributed by atoms with Crippen molar-refractivity contribution in [2.75, 3.05) is 23.8 Å². The van der Waals surface area contributed by atoms with E-state index in [4.69, 9.17) is 9.72 Å². The third-order valence-corrected chi connectivity index (χ3v) is 6.08. The fourth-order valence-corrected chi connectivity index (χ4v) is 4.36. The van der Waals surface area contributed by atoms with E-state index in [1.165, 1.54) is 18.6 Å². The lowest BCUT2D eigenvalue weighted by Gasteiger charge is -2.24. The van der Waals surface area contributed by atoms with Crippen LogP contribution >= 0.6 is 0 Å². The number of fused-ring (bicyclic) bond motifs is 1. The van der Waals surface area contributed by atoms with Crippen LogP contribution in [0.25, 0.3) is 10.9 Å².